The SMILES string of the molecule is CCC(CC)(CN)C(=O)CCS(C)(=O)=O. The van der Waals surface area contributed by atoms with Crippen LogP contribution in [0.15, 0.2) is 0 Å². The number of Topliss-reactive ketones (excluding diaryl/α,β-unsaturated/α-hetero) is 1. The quantitative estimate of drug-likeness (QED) is 0.706. The summed E-state index contributed by atoms with van der Waals surface area (Å²) in [7, 11) is -3.07. The predicted octanol–water partition coefficient (Wildman–Crippen LogP) is 0.755. The Bertz CT molecular complexity index is 296. The Morgan fingerprint density at radius 1 is 1.27 bits per heavy atom. The molecule has 0 aromatic heterocycles. The summed E-state index contributed by atoms with van der Waals surface area (Å²) >= 11 is 0. The maximum Gasteiger partial charge on any atom is 0.147 e. The summed E-state index contributed by atoms with van der Waals surface area (Å²) in [5.74, 6) is -0.103. The second-order valence-corrected chi connectivity index (χ2v) is 6.25. The number of hydrogen-bond donors (Lipinski definition) is 1. The largest absolute Gasteiger partial charge is 0.329 e. The summed E-state index contributed by atoms with van der Waals surface area (Å²) in [6.45, 7) is 4.12. The van der Waals surface area contributed by atoms with Gasteiger partial charge in [-0.15, -0.1) is 0 Å². The molecular weight excluding hydrogens is 214 g/mol. The highest BCUT2D eigenvalue weighted by Crippen LogP contribution is 2.27. The highest BCUT2D eigenvalue weighted by molar-refractivity contribution is 7.90. The van der Waals surface area contributed by atoms with Crippen molar-refractivity contribution >= 4 is 15.6 Å². The lowest BCUT2D eigenvalue weighted by molar-refractivity contribution is -0.128. The van der Waals surface area contributed by atoms with Crippen LogP contribution in [-0.4, -0.2) is 32.8 Å². The Labute approximate surface area is 92.2 Å². The molecule has 4 nitrogen and oxygen atoms in total. The lowest BCUT2D eigenvalue weighted by Gasteiger charge is -2.28. The lowest BCUT2D eigenvalue weighted by atomic mass is 9.77. The highest BCUT2D eigenvalue weighted by atomic mass is 32.2. The Morgan fingerprint density at radius 2 is 1.73 bits per heavy atom. The van der Waals surface area contributed by atoms with Crippen LogP contribution in [0.25, 0.3) is 0 Å². The molecule has 0 atom stereocenters. The van der Waals surface area contributed by atoms with Gasteiger partial charge in [0.05, 0.1) is 5.75 Å². The normalized spacial score (nSPS) is 12.8. The van der Waals surface area contributed by atoms with Crippen molar-refractivity contribution in [3.63, 3.8) is 0 Å². The lowest BCUT2D eigenvalue weighted by Crippen LogP contribution is -2.38. The monoisotopic (exact) mass is 235 g/mol. The Morgan fingerprint density at radius 3 is 2.00 bits per heavy atom. The smallest absolute Gasteiger partial charge is 0.147 e. The van der Waals surface area contributed by atoms with Crippen LogP contribution >= 0.6 is 0 Å². The second kappa shape index (κ2) is 5.61. The van der Waals surface area contributed by atoms with E-state index in [4.69, 9.17) is 5.73 Å². The average molecular weight is 235 g/mol. The van der Waals surface area contributed by atoms with Gasteiger partial charge in [0.25, 0.3) is 0 Å². The number of hydrogen-bond acceptors (Lipinski definition) is 4. The topological polar surface area (TPSA) is 77.2 Å². The van der Waals surface area contributed by atoms with Crippen molar-refractivity contribution in [1.82, 2.24) is 0 Å². The molecule has 0 aliphatic heterocycles. The van der Waals surface area contributed by atoms with Crippen molar-refractivity contribution in [2.75, 3.05) is 18.6 Å². The average Bonchev–Trinajstić information content (AvgIpc) is 2.17. The molecule has 0 aromatic rings. The van der Waals surface area contributed by atoms with Gasteiger partial charge >= 0.3 is 0 Å². The molecule has 15 heavy (non-hydrogen) atoms. The molecule has 0 aliphatic carbocycles. The van der Waals surface area contributed by atoms with E-state index in [0.717, 1.165) is 6.26 Å². The van der Waals surface area contributed by atoms with Crippen molar-refractivity contribution < 1.29 is 13.2 Å². The van der Waals surface area contributed by atoms with E-state index in [-0.39, 0.29) is 18.0 Å². The molecule has 0 unspecified atom stereocenters. The minimum absolute atomic E-state index is 0.0274. The number of sulfone groups is 1. The van der Waals surface area contributed by atoms with Gasteiger partial charge in [-0.05, 0) is 12.8 Å². The van der Waals surface area contributed by atoms with Gasteiger partial charge in [-0.2, -0.15) is 0 Å². The van der Waals surface area contributed by atoms with E-state index in [2.05, 4.69) is 0 Å². The first-order valence-electron chi connectivity index (χ1n) is 5.22. The summed E-state index contributed by atoms with van der Waals surface area (Å²) in [5, 5.41) is 0. The minimum atomic E-state index is -3.07. The summed E-state index contributed by atoms with van der Waals surface area (Å²) in [5.41, 5.74) is 5.08. The fourth-order valence-electron chi connectivity index (χ4n) is 1.59. The van der Waals surface area contributed by atoms with Gasteiger partial charge in [0.1, 0.15) is 15.6 Å². The van der Waals surface area contributed by atoms with Crippen molar-refractivity contribution in [2.45, 2.75) is 33.1 Å². The first-order valence-corrected chi connectivity index (χ1v) is 7.28. The second-order valence-electron chi connectivity index (χ2n) is 3.99. The number of ketones is 1. The fraction of sp³-hybridized carbons (Fsp3) is 0.900. The Kier molecular flexibility index (Phi) is 5.45. The molecule has 0 saturated heterocycles. The number of nitrogens with two attached hydrogens (primary N) is 1. The van der Waals surface area contributed by atoms with Crippen molar-refractivity contribution in [3.05, 3.63) is 0 Å². The van der Waals surface area contributed by atoms with Crippen LogP contribution in [0.3, 0.4) is 0 Å². The molecule has 0 spiro atoms. The summed E-state index contributed by atoms with van der Waals surface area (Å²) in [6, 6.07) is 0. The molecule has 0 aliphatic rings. The molecule has 0 amide bonds. The predicted molar refractivity (Wildman–Crippen MR) is 61.4 cm³/mol. The van der Waals surface area contributed by atoms with Gasteiger partial charge in [-0.3, -0.25) is 4.79 Å². The van der Waals surface area contributed by atoms with E-state index in [9.17, 15) is 13.2 Å². The summed E-state index contributed by atoms with van der Waals surface area (Å²) in [6.07, 6.45) is 2.56. The number of carbonyl (C=O) groups is 1. The van der Waals surface area contributed by atoms with Crippen LogP contribution in [0.4, 0.5) is 0 Å². The first kappa shape index (κ1) is 14.6. The first-order chi connectivity index (χ1) is 6.81. The van der Waals surface area contributed by atoms with Crippen LogP contribution < -0.4 is 5.73 Å². The van der Waals surface area contributed by atoms with Crippen LogP contribution in [0, 0.1) is 5.41 Å². The van der Waals surface area contributed by atoms with Crippen LogP contribution in [-0.2, 0) is 14.6 Å². The Balaban J connectivity index is 4.54. The zero-order valence-corrected chi connectivity index (χ0v) is 10.6. The molecule has 0 rings (SSSR count). The molecule has 0 radical (unpaired) electrons. The van der Waals surface area contributed by atoms with E-state index < -0.39 is 15.3 Å². The number of rotatable bonds is 7. The molecule has 0 aromatic carbocycles. The highest BCUT2D eigenvalue weighted by Gasteiger charge is 2.32. The molecule has 0 bridgehead atoms. The molecule has 90 valence electrons. The van der Waals surface area contributed by atoms with E-state index in [0.29, 0.717) is 19.4 Å². The van der Waals surface area contributed by atoms with Crippen molar-refractivity contribution in [3.8, 4) is 0 Å². The van der Waals surface area contributed by atoms with Crippen molar-refractivity contribution in [2.24, 2.45) is 11.1 Å². The van der Waals surface area contributed by atoms with Crippen LogP contribution in [0.1, 0.15) is 33.1 Å². The van der Waals surface area contributed by atoms with E-state index >= 15 is 0 Å². The third kappa shape index (κ3) is 4.30. The van der Waals surface area contributed by atoms with E-state index in [1.54, 1.807) is 0 Å². The van der Waals surface area contributed by atoms with Gasteiger partial charge in [-0.25, -0.2) is 8.42 Å². The van der Waals surface area contributed by atoms with E-state index in [1.165, 1.54) is 0 Å². The van der Waals surface area contributed by atoms with Crippen LogP contribution in [0.2, 0.25) is 0 Å². The van der Waals surface area contributed by atoms with Gasteiger partial charge in [0.15, 0.2) is 0 Å². The molecule has 0 saturated carbocycles. The van der Waals surface area contributed by atoms with Gasteiger partial charge in [0.2, 0.25) is 0 Å². The molecule has 5 heteroatoms. The van der Waals surface area contributed by atoms with E-state index in [1.807, 2.05) is 13.8 Å². The van der Waals surface area contributed by atoms with Gasteiger partial charge < -0.3 is 5.73 Å². The maximum absolute atomic E-state index is 11.9. The third-order valence-electron chi connectivity index (χ3n) is 3.04. The molecule has 0 fully saturated rings. The third-order valence-corrected chi connectivity index (χ3v) is 3.98. The zero-order chi connectivity index (χ0) is 12.1. The maximum atomic E-state index is 11.9. The van der Waals surface area contributed by atoms with Gasteiger partial charge in [-0.1, -0.05) is 13.8 Å². The fourth-order valence-corrected chi connectivity index (χ4v) is 2.15. The molecule has 0 heterocycles. The standard InChI is InChI=1S/C10H21NO3S/c1-4-10(5-2,8-11)9(12)6-7-15(3,13)14/h4-8,11H2,1-3H3. The van der Waals surface area contributed by atoms with Crippen LogP contribution in [0.5, 0.6) is 0 Å². The summed E-state index contributed by atoms with van der Waals surface area (Å²) in [4.78, 5) is 11.9. The molecule has 2 N–H and O–H groups in total. The van der Waals surface area contributed by atoms with Crippen molar-refractivity contribution in [1.29, 1.82) is 0 Å². The number of carbonyl (C=O) groups excluding carboxylic acids is 1. The molecular formula is C10H21NO3S. The zero-order valence-electron chi connectivity index (χ0n) is 9.75. The van der Waals surface area contributed by atoms with Gasteiger partial charge in [0, 0.05) is 24.6 Å². The minimum Gasteiger partial charge on any atom is -0.329 e. The Hall–Kier alpha value is -0.420. The summed E-state index contributed by atoms with van der Waals surface area (Å²) < 4.78 is 21.9.